The van der Waals surface area contributed by atoms with Crippen molar-refractivity contribution in [2.45, 2.75) is 0 Å². The molecule has 8 heterocycles. The number of fused-ring (bicyclic) bond motifs is 23. The molecule has 17 aromatic carbocycles. The number of hydrogen-bond acceptors (Lipinski definition) is 9. The zero-order valence-corrected chi connectivity index (χ0v) is 64.4. The second kappa shape index (κ2) is 27.7. The maximum Gasteiger partial charge on any atom is 0.164 e. The van der Waals surface area contributed by atoms with E-state index in [9.17, 15) is 0 Å². The average molecular weight is 1530 g/mol. The fourth-order valence-corrected chi connectivity index (χ4v) is 17.8. The van der Waals surface area contributed by atoms with Gasteiger partial charge in [-0.3, -0.25) is 8.80 Å². The summed E-state index contributed by atoms with van der Waals surface area (Å²) in [6.07, 6.45) is 4.32. The molecule has 0 aliphatic heterocycles. The molecule has 25 rings (SSSR count). The first-order valence-electron chi connectivity index (χ1n) is 40.3. The second-order valence-corrected chi connectivity index (χ2v) is 30.7. The fourth-order valence-electron chi connectivity index (χ4n) is 17.8. The minimum atomic E-state index is 0.611. The molecule has 8 aromatic heterocycles. The minimum absolute atomic E-state index is 0.611. The molecule has 0 fully saturated rings. The Morgan fingerprint density at radius 3 is 1.00 bits per heavy atom. The highest BCUT2D eigenvalue weighted by Crippen LogP contribution is 2.44. The Kier molecular flexibility index (Phi) is 15.7. The van der Waals surface area contributed by atoms with E-state index in [1.807, 2.05) is 66.7 Å². The summed E-state index contributed by atoms with van der Waals surface area (Å²) in [5.74, 6) is 1.85. The van der Waals surface area contributed by atoms with E-state index in [1.54, 1.807) is 0 Å². The molecule has 0 saturated carbocycles. The predicted octanol–water partition coefficient (Wildman–Crippen LogP) is 28.2. The van der Waals surface area contributed by atoms with Crippen molar-refractivity contribution in [2.24, 2.45) is 0 Å². The van der Waals surface area contributed by atoms with Crippen molar-refractivity contribution in [1.29, 1.82) is 0 Å². The third kappa shape index (κ3) is 11.5. The first kappa shape index (κ1) is 68.1. The van der Waals surface area contributed by atoms with Crippen LogP contribution in [0.3, 0.4) is 0 Å². The van der Waals surface area contributed by atoms with Gasteiger partial charge in [0, 0.05) is 83.3 Å². The summed E-state index contributed by atoms with van der Waals surface area (Å²) >= 11 is 0. The van der Waals surface area contributed by atoms with Crippen molar-refractivity contribution >= 4 is 131 Å². The largest absolute Gasteiger partial charge is 0.456 e. The van der Waals surface area contributed by atoms with Gasteiger partial charge in [-0.15, -0.1) is 0 Å². The number of pyridine rings is 2. The Bertz CT molecular complexity index is 8380. The van der Waals surface area contributed by atoms with E-state index in [0.29, 0.717) is 17.5 Å². The quantitative estimate of drug-likeness (QED) is 0.123. The summed E-state index contributed by atoms with van der Waals surface area (Å²) in [4.78, 5) is 36.3. The average Bonchev–Trinajstić information content (AvgIpc) is 1.53. The molecule has 25 aromatic rings. The van der Waals surface area contributed by atoms with E-state index in [4.69, 9.17) is 43.7 Å². The normalized spacial score (nSPS) is 11.8. The molecular formula is C109H65N9O2. The highest BCUT2D eigenvalue weighted by atomic mass is 16.3. The standard InChI is InChI=1S/C64H39N5O.C45H26N4O/c1-3-13-40(14-4-1)44-17-11-19-49(35-44)63-66-62(67-64(68-63)50-20-12-18-45(36-50)41-15-5-2-6-16-41)43-27-25-42(26-28-43)46-29-31-54-55(37-46)51-21-7-8-23-53(51)60-61(54)69-34-33-48(39-59(69)65-60)47-30-32-58-56(38-47)52-22-9-10-24-57(52)70-58;1-2-10-27(11-3-1)42-43(47-38-16-8-7-15-37(38)46-42)30-18-20-34-35(25-30)31-12-4-5-14-33(31)44-45(34)49-23-22-29(26-41(49)48-44)28-19-21-40-36(24-28)32-13-6-9-17-39(32)50-40/h1-39H;1-26H. The summed E-state index contributed by atoms with van der Waals surface area (Å²) in [5, 5.41) is 13.7. The number of furan rings is 2. The molecular weight excluding hydrogens is 1470 g/mol. The summed E-state index contributed by atoms with van der Waals surface area (Å²) in [7, 11) is 0. The summed E-state index contributed by atoms with van der Waals surface area (Å²) < 4.78 is 16.7. The van der Waals surface area contributed by atoms with Crippen LogP contribution < -0.4 is 0 Å². The van der Waals surface area contributed by atoms with Crippen LogP contribution in [0.2, 0.25) is 0 Å². The van der Waals surface area contributed by atoms with E-state index >= 15 is 0 Å². The van der Waals surface area contributed by atoms with Crippen molar-refractivity contribution in [3.63, 3.8) is 0 Å². The van der Waals surface area contributed by atoms with Gasteiger partial charge in [-0.05, 0) is 174 Å². The van der Waals surface area contributed by atoms with Crippen molar-refractivity contribution in [1.82, 2.24) is 43.7 Å². The molecule has 0 amide bonds. The first-order chi connectivity index (χ1) is 59.4. The third-order valence-corrected chi connectivity index (χ3v) is 23.6. The van der Waals surface area contributed by atoms with Gasteiger partial charge in [0.05, 0.1) is 44.5 Å². The second-order valence-electron chi connectivity index (χ2n) is 30.7. The van der Waals surface area contributed by atoms with Gasteiger partial charge in [0.1, 0.15) is 33.6 Å². The number of aromatic nitrogens is 9. The topological polar surface area (TPSA) is 125 Å². The van der Waals surface area contributed by atoms with Gasteiger partial charge in [-0.2, -0.15) is 0 Å². The fraction of sp³-hybridized carbons (Fsp3) is 0. The lowest BCUT2D eigenvalue weighted by molar-refractivity contribution is 0.668. The van der Waals surface area contributed by atoms with Gasteiger partial charge in [0.25, 0.3) is 0 Å². The molecule has 0 aliphatic rings. The van der Waals surface area contributed by atoms with E-state index in [2.05, 4.69) is 337 Å². The molecule has 0 aliphatic carbocycles. The van der Waals surface area contributed by atoms with Crippen LogP contribution in [0.5, 0.6) is 0 Å². The van der Waals surface area contributed by atoms with Crippen molar-refractivity contribution in [3.05, 3.63) is 395 Å². The molecule has 11 heteroatoms. The van der Waals surface area contributed by atoms with E-state index in [-0.39, 0.29) is 0 Å². The van der Waals surface area contributed by atoms with Gasteiger partial charge in [0.2, 0.25) is 0 Å². The van der Waals surface area contributed by atoms with Crippen molar-refractivity contribution in [2.75, 3.05) is 0 Å². The smallest absolute Gasteiger partial charge is 0.164 e. The van der Waals surface area contributed by atoms with Crippen molar-refractivity contribution < 1.29 is 8.83 Å². The molecule has 120 heavy (non-hydrogen) atoms. The molecule has 0 unspecified atom stereocenters. The highest BCUT2D eigenvalue weighted by molar-refractivity contribution is 6.26. The Morgan fingerprint density at radius 1 is 0.175 bits per heavy atom. The van der Waals surface area contributed by atoms with Gasteiger partial charge in [-0.25, -0.2) is 34.9 Å². The number of imidazole rings is 2. The van der Waals surface area contributed by atoms with E-state index in [1.165, 1.54) is 10.8 Å². The number of para-hydroxylation sites is 4. The molecule has 0 saturated heterocycles. The van der Waals surface area contributed by atoms with Gasteiger partial charge in [0.15, 0.2) is 17.5 Å². The minimum Gasteiger partial charge on any atom is -0.456 e. The molecule has 0 spiro atoms. The zero-order valence-electron chi connectivity index (χ0n) is 64.4. The summed E-state index contributed by atoms with van der Waals surface area (Å²) in [6.45, 7) is 0. The van der Waals surface area contributed by atoms with Crippen LogP contribution in [-0.2, 0) is 0 Å². The molecule has 0 radical (unpaired) electrons. The lowest BCUT2D eigenvalue weighted by atomic mass is 9.95. The summed E-state index contributed by atoms with van der Waals surface area (Å²) in [5.41, 5.74) is 29.0. The Hall–Kier alpha value is -16.4. The van der Waals surface area contributed by atoms with Crippen LogP contribution in [0, 0.1) is 0 Å². The Morgan fingerprint density at radius 2 is 0.500 bits per heavy atom. The van der Waals surface area contributed by atoms with Gasteiger partial charge >= 0.3 is 0 Å². The van der Waals surface area contributed by atoms with Crippen LogP contribution in [0.1, 0.15) is 0 Å². The molecule has 558 valence electrons. The molecule has 0 bridgehead atoms. The Labute approximate surface area is 686 Å². The first-order valence-corrected chi connectivity index (χ1v) is 40.3. The lowest BCUT2D eigenvalue weighted by Gasteiger charge is -2.13. The van der Waals surface area contributed by atoms with Crippen molar-refractivity contribution in [3.8, 4) is 112 Å². The van der Waals surface area contributed by atoms with Crippen LogP contribution in [0.25, 0.3) is 244 Å². The molecule has 11 nitrogen and oxygen atoms in total. The maximum absolute atomic E-state index is 6.14. The maximum atomic E-state index is 6.14. The lowest BCUT2D eigenvalue weighted by Crippen LogP contribution is -2.00. The van der Waals surface area contributed by atoms with Crippen LogP contribution in [0.15, 0.2) is 403 Å². The zero-order chi connectivity index (χ0) is 78.9. The molecule has 0 N–H and O–H groups in total. The van der Waals surface area contributed by atoms with Gasteiger partial charge in [-0.1, -0.05) is 285 Å². The van der Waals surface area contributed by atoms with E-state index in [0.717, 1.165) is 215 Å². The SMILES string of the molecule is c1ccc(-c2cccc(-c3nc(-c4ccc(-c5ccc6c(c5)c5ccccc5c5nc7cc(-c8ccc9oc%10ccccc%10c9c8)ccn7c65)cc4)nc(-c4cccc(-c5ccccc5)c4)n3)c2)cc1.c1ccc(-c2nc3ccccc3nc2-c2ccc3c(c2)c2ccccc2c2nc4cc(-c5ccc6oc7ccccc7c6c5)ccn4c32)cc1. The van der Waals surface area contributed by atoms with Crippen LogP contribution in [0.4, 0.5) is 0 Å². The third-order valence-electron chi connectivity index (χ3n) is 23.6. The number of benzene rings is 17. The predicted molar refractivity (Wildman–Crippen MR) is 491 cm³/mol. The highest BCUT2D eigenvalue weighted by Gasteiger charge is 2.23. The summed E-state index contributed by atoms with van der Waals surface area (Å²) in [6, 6.07) is 133. The monoisotopic (exact) mass is 1530 g/mol. The van der Waals surface area contributed by atoms with Crippen LogP contribution >= 0.6 is 0 Å². The number of hydrogen-bond donors (Lipinski definition) is 0. The van der Waals surface area contributed by atoms with Gasteiger partial charge < -0.3 is 8.83 Å². The number of rotatable bonds is 10. The Balaban J connectivity index is 0.000000144. The number of nitrogens with zero attached hydrogens (tertiary/aromatic N) is 9. The molecule has 0 atom stereocenters. The van der Waals surface area contributed by atoms with E-state index < -0.39 is 0 Å². The van der Waals surface area contributed by atoms with Crippen LogP contribution in [-0.4, -0.2) is 43.7 Å².